The van der Waals surface area contributed by atoms with Gasteiger partial charge in [-0.1, -0.05) is 6.92 Å². The van der Waals surface area contributed by atoms with Gasteiger partial charge in [-0.05, 0) is 82.7 Å². The van der Waals surface area contributed by atoms with Crippen LogP contribution in [0.5, 0.6) is 0 Å². The molecule has 0 spiro atoms. The maximum Gasteiger partial charge on any atom is 0.219 e. The van der Waals surface area contributed by atoms with Gasteiger partial charge >= 0.3 is 0 Å². The Hall–Kier alpha value is -0.570. The van der Waals surface area contributed by atoms with E-state index in [9.17, 15) is 4.79 Å². The van der Waals surface area contributed by atoms with Crippen molar-refractivity contribution in [2.45, 2.75) is 77.3 Å². The second kappa shape index (κ2) is 6.90. The molecule has 0 N–H and O–H groups in total. The number of carbonyl (C=O) groups excluding carboxylic acids is 1. The minimum atomic E-state index is 0.297. The van der Waals surface area contributed by atoms with Crippen LogP contribution in [-0.4, -0.2) is 47.9 Å². The number of nitrogens with zero attached hydrogens (tertiary/aromatic N) is 2. The first-order chi connectivity index (χ1) is 10.6. The molecule has 0 radical (unpaired) electrons. The van der Waals surface area contributed by atoms with E-state index in [-0.39, 0.29) is 0 Å². The molecule has 5 atom stereocenters. The summed E-state index contributed by atoms with van der Waals surface area (Å²) in [5.74, 6) is 2.86. The van der Waals surface area contributed by atoms with Gasteiger partial charge in [-0.15, -0.1) is 0 Å². The van der Waals surface area contributed by atoms with E-state index in [1.54, 1.807) is 6.92 Å². The Morgan fingerprint density at radius 1 is 1.09 bits per heavy atom. The lowest BCUT2D eigenvalue weighted by Gasteiger charge is -2.50. The van der Waals surface area contributed by atoms with E-state index >= 15 is 0 Å². The SMILES string of the molecule is CC(=O)N1CCCC[C@H]1C[C@@H]1C[C@@H](C)C[C@@H]2[C@@H]1CCCN2C. The third-order valence-electron chi connectivity index (χ3n) is 6.67. The summed E-state index contributed by atoms with van der Waals surface area (Å²) in [6.45, 7) is 6.48. The topological polar surface area (TPSA) is 23.6 Å². The largest absolute Gasteiger partial charge is 0.340 e. The van der Waals surface area contributed by atoms with Gasteiger partial charge in [0.2, 0.25) is 5.91 Å². The molecule has 126 valence electrons. The van der Waals surface area contributed by atoms with Gasteiger partial charge in [0.05, 0.1) is 0 Å². The van der Waals surface area contributed by atoms with Crippen LogP contribution in [0.4, 0.5) is 0 Å². The van der Waals surface area contributed by atoms with Gasteiger partial charge in [0, 0.05) is 25.6 Å². The Bertz CT molecular complexity index is 397. The van der Waals surface area contributed by atoms with Gasteiger partial charge in [0.15, 0.2) is 0 Å². The first-order valence-electron chi connectivity index (χ1n) is 9.53. The molecule has 2 heterocycles. The molecule has 22 heavy (non-hydrogen) atoms. The van der Waals surface area contributed by atoms with Crippen molar-refractivity contribution in [3.8, 4) is 0 Å². The minimum absolute atomic E-state index is 0.297. The van der Waals surface area contributed by atoms with Crippen LogP contribution in [0, 0.1) is 17.8 Å². The van der Waals surface area contributed by atoms with E-state index < -0.39 is 0 Å². The molecule has 3 fully saturated rings. The van der Waals surface area contributed by atoms with Crippen molar-refractivity contribution < 1.29 is 4.79 Å². The third kappa shape index (κ3) is 3.34. The lowest BCUT2D eigenvalue weighted by atomic mass is 9.65. The summed E-state index contributed by atoms with van der Waals surface area (Å²) < 4.78 is 0. The molecule has 1 saturated carbocycles. The first-order valence-corrected chi connectivity index (χ1v) is 9.53. The first kappa shape index (κ1) is 16.3. The zero-order chi connectivity index (χ0) is 15.7. The van der Waals surface area contributed by atoms with Crippen LogP contribution in [-0.2, 0) is 4.79 Å². The molecule has 0 aromatic carbocycles. The molecule has 2 aliphatic heterocycles. The van der Waals surface area contributed by atoms with E-state index in [1.165, 1.54) is 57.9 Å². The Labute approximate surface area is 136 Å². The molecule has 3 heteroatoms. The monoisotopic (exact) mass is 306 g/mol. The van der Waals surface area contributed by atoms with Crippen molar-refractivity contribution in [3.63, 3.8) is 0 Å². The standard InChI is InChI=1S/C19H34N2O/c1-14-11-16(18-8-6-9-20(3)19(18)12-14)13-17-7-4-5-10-21(17)15(2)22/h14,16-19H,4-13H2,1-3H3/t14-,16+,17+,18-,19-/m1/s1. The average molecular weight is 306 g/mol. The molecule has 3 aliphatic rings. The van der Waals surface area contributed by atoms with Crippen LogP contribution in [0.25, 0.3) is 0 Å². The predicted octanol–water partition coefficient (Wildman–Crippen LogP) is 3.53. The van der Waals surface area contributed by atoms with Crippen molar-refractivity contribution in [1.82, 2.24) is 9.80 Å². The molecule has 0 bridgehead atoms. The van der Waals surface area contributed by atoms with Crippen LogP contribution in [0.1, 0.15) is 65.2 Å². The molecule has 3 nitrogen and oxygen atoms in total. The molecule has 1 amide bonds. The number of piperidine rings is 2. The Morgan fingerprint density at radius 3 is 2.68 bits per heavy atom. The van der Waals surface area contributed by atoms with E-state index in [1.807, 2.05) is 0 Å². The van der Waals surface area contributed by atoms with Gasteiger partial charge in [-0.3, -0.25) is 4.79 Å². The molecule has 3 rings (SSSR count). The van der Waals surface area contributed by atoms with Gasteiger partial charge < -0.3 is 9.80 Å². The van der Waals surface area contributed by atoms with Crippen molar-refractivity contribution in [2.24, 2.45) is 17.8 Å². The number of fused-ring (bicyclic) bond motifs is 1. The summed E-state index contributed by atoms with van der Waals surface area (Å²) >= 11 is 0. The Balaban J connectivity index is 1.70. The fourth-order valence-corrected chi connectivity index (χ4v) is 5.65. The second-order valence-corrected chi connectivity index (χ2v) is 8.29. The Kier molecular flexibility index (Phi) is 5.11. The summed E-state index contributed by atoms with van der Waals surface area (Å²) in [7, 11) is 2.33. The van der Waals surface area contributed by atoms with Crippen LogP contribution < -0.4 is 0 Å². The minimum Gasteiger partial charge on any atom is -0.340 e. The molecule has 0 aromatic rings. The highest BCUT2D eigenvalue weighted by Crippen LogP contribution is 2.44. The fourth-order valence-electron chi connectivity index (χ4n) is 5.65. The normalized spacial score (nSPS) is 40.3. The van der Waals surface area contributed by atoms with Gasteiger partial charge in [-0.2, -0.15) is 0 Å². The van der Waals surface area contributed by atoms with Crippen LogP contribution >= 0.6 is 0 Å². The summed E-state index contributed by atoms with van der Waals surface area (Å²) in [6.07, 6.45) is 10.6. The highest BCUT2D eigenvalue weighted by molar-refractivity contribution is 5.73. The maximum atomic E-state index is 12.0. The summed E-state index contributed by atoms with van der Waals surface area (Å²) in [5.41, 5.74) is 0. The maximum absolute atomic E-state index is 12.0. The molecule has 0 aromatic heterocycles. The van der Waals surface area contributed by atoms with E-state index in [0.717, 1.165) is 30.3 Å². The number of carbonyl (C=O) groups is 1. The highest BCUT2D eigenvalue weighted by Gasteiger charge is 2.41. The number of likely N-dealkylation sites (tertiary alicyclic amines) is 2. The second-order valence-electron chi connectivity index (χ2n) is 8.29. The van der Waals surface area contributed by atoms with Crippen LogP contribution in [0.2, 0.25) is 0 Å². The number of rotatable bonds is 2. The van der Waals surface area contributed by atoms with Crippen molar-refractivity contribution in [2.75, 3.05) is 20.1 Å². The lowest BCUT2D eigenvalue weighted by Crippen LogP contribution is -2.51. The van der Waals surface area contributed by atoms with Gasteiger partial charge in [0.25, 0.3) is 0 Å². The highest BCUT2D eigenvalue weighted by atomic mass is 16.2. The third-order valence-corrected chi connectivity index (χ3v) is 6.67. The smallest absolute Gasteiger partial charge is 0.219 e. The van der Waals surface area contributed by atoms with Crippen molar-refractivity contribution in [1.29, 1.82) is 0 Å². The van der Waals surface area contributed by atoms with E-state index in [2.05, 4.69) is 23.8 Å². The lowest BCUT2D eigenvalue weighted by molar-refractivity contribution is -0.133. The van der Waals surface area contributed by atoms with Crippen LogP contribution in [0.3, 0.4) is 0 Å². The average Bonchev–Trinajstić information content (AvgIpc) is 2.49. The zero-order valence-corrected chi connectivity index (χ0v) is 14.8. The van der Waals surface area contributed by atoms with Gasteiger partial charge in [0.1, 0.15) is 0 Å². The van der Waals surface area contributed by atoms with Crippen molar-refractivity contribution in [3.05, 3.63) is 0 Å². The quantitative estimate of drug-likeness (QED) is 0.779. The molecule has 1 aliphatic carbocycles. The Morgan fingerprint density at radius 2 is 1.91 bits per heavy atom. The number of amides is 1. The molecular formula is C19H34N2O. The summed E-state index contributed by atoms with van der Waals surface area (Å²) in [5, 5.41) is 0. The van der Waals surface area contributed by atoms with Crippen LogP contribution in [0.15, 0.2) is 0 Å². The summed E-state index contributed by atoms with van der Waals surface area (Å²) in [6, 6.07) is 1.33. The fraction of sp³-hybridized carbons (Fsp3) is 0.947. The van der Waals surface area contributed by atoms with Gasteiger partial charge in [-0.25, -0.2) is 0 Å². The van der Waals surface area contributed by atoms with E-state index in [4.69, 9.17) is 0 Å². The van der Waals surface area contributed by atoms with Crippen molar-refractivity contribution >= 4 is 5.91 Å². The molecule has 2 saturated heterocycles. The molecule has 0 unspecified atom stereocenters. The predicted molar refractivity (Wildman–Crippen MR) is 90.7 cm³/mol. The van der Waals surface area contributed by atoms with E-state index in [0.29, 0.717) is 11.9 Å². The molecular weight excluding hydrogens is 272 g/mol. The zero-order valence-electron chi connectivity index (χ0n) is 14.8. The number of hydrogen-bond acceptors (Lipinski definition) is 2. The summed E-state index contributed by atoms with van der Waals surface area (Å²) in [4.78, 5) is 16.8. The number of hydrogen-bond donors (Lipinski definition) is 0.